The summed E-state index contributed by atoms with van der Waals surface area (Å²) in [4.78, 5) is 28.9. The number of likely N-dealkylation sites (tertiary alicyclic amines) is 1. The molecule has 186 valence electrons. The fourth-order valence-electron chi connectivity index (χ4n) is 5.35. The molecule has 2 aliphatic rings. The molecule has 6 heteroatoms. The Bertz CT molecular complexity index is 1190. The van der Waals surface area contributed by atoms with E-state index in [2.05, 4.69) is 47.0 Å². The van der Waals surface area contributed by atoms with Gasteiger partial charge in [-0.05, 0) is 59.6 Å². The fraction of sp³-hybridized carbons (Fsp3) is 0.333. The highest BCUT2D eigenvalue weighted by Crippen LogP contribution is 2.28. The van der Waals surface area contributed by atoms with Crippen LogP contribution in [0.4, 0.5) is 0 Å². The number of carbonyl (C=O) groups is 2. The van der Waals surface area contributed by atoms with Gasteiger partial charge < -0.3 is 15.5 Å². The van der Waals surface area contributed by atoms with Crippen molar-refractivity contribution in [2.24, 2.45) is 0 Å². The molecule has 0 saturated carbocycles. The van der Waals surface area contributed by atoms with Crippen molar-refractivity contribution < 1.29 is 9.59 Å². The summed E-state index contributed by atoms with van der Waals surface area (Å²) in [7, 11) is 0. The second kappa shape index (κ2) is 11.3. The van der Waals surface area contributed by atoms with Crippen molar-refractivity contribution in [2.45, 2.75) is 50.2 Å². The van der Waals surface area contributed by atoms with E-state index in [-0.39, 0.29) is 17.9 Å². The molecule has 0 bridgehead atoms. The lowest BCUT2D eigenvalue weighted by atomic mass is 9.89. The lowest BCUT2D eigenvalue weighted by Crippen LogP contribution is -2.56. The zero-order valence-corrected chi connectivity index (χ0v) is 21.1. The highest BCUT2D eigenvalue weighted by atomic mass is 35.5. The lowest BCUT2D eigenvalue weighted by molar-refractivity contribution is -0.137. The first-order chi connectivity index (χ1) is 17.6. The van der Waals surface area contributed by atoms with Gasteiger partial charge in [0.05, 0.1) is 6.04 Å². The smallest absolute Gasteiger partial charge is 0.245 e. The van der Waals surface area contributed by atoms with Gasteiger partial charge in [0.1, 0.15) is 6.04 Å². The molecule has 1 saturated heterocycles. The van der Waals surface area contributed by atoms with Crippen molar-refractivity contribution >= 4 is 23.4 Å². The number of nitrogens with zero attached hydrogens (tertiary/aromatic N) is 1. The highest BCUT2D eigenvalue weighted by molar-refractivity contribution is 6.30. The first-order valence-corrected chi connectivity index (χ1v) is 13.1. The van der Waals surface area contributed by atoms with E-state index in [0.717, 1.165) is 18.4 Å². The molecule has 5 nitrogen and oxygen atoms in total. The quantitative estimate of drug-likeness (QED) is 0.523. The van der Waals surface area contributed by atoms with Crippen LogP contribution in [0.5, 0.6) is 0 Å². The Labute approximate surface area is 217 Å². The molecule has 0 spiro atoms. The minimum atomic E-state index is -0.620. The number of carbonyl (C=O) groups excluding carboxylic acids is 2. The first-order valence-electron chi connectivity index (χ1n) is 12.8. The van der Waals surface area contributed by atoms with E-state index in [0.29, 0.717) is 43.4 Å². The summed E-state index contributed by atoms with van der Waals surface area (Å²) in [5.41, 5.74) is 4.70. The van der Waals surface area contributed by atoms with Gasteiger partial charge in [-0.25, -0.2) is 0 Å². The van der Waals surface area contributed by atoms with Gasteiger partial charge in [0, 0.05) is 31.1 Å². The van der Waals surface area contributed by atoms with Crippen LogP contribution in [0.15, 0.2) is 78.9 Å². The number of fused-ring (bicyclic) bond motifs is 1. The molecule has 0 radical (unpaired) electrons. The molecule has 2 N–H and O–H groups in total. The minimum Gasteiger partial charge on any atom is -0.343 e. The van der Waals surface area contributed by atoms with Crippen LogP contribution in [0.3, 0.4) is 0 Å². The van der Waals surface area contributed by atoms with E-state index in [9.17, 15) is 9.59 Å². The van der Waals surface area contributed by atoms with Crippen LogP contribution >= 0.6 is 11.6 Å². The molecule has 2 aliphatic heterocycles. The Kier molecular flexibility index (Phi) is 7.69. The molecule has 3 aromatic carbocycles. The van der Waals surface area contributed by atoms with E-state index < -0.39 is 6.04 Å². The topological polar surface area (TPSA) is 61.4 Å². The second-order valence-electron chi connectivity index (χ2n) is 9.81. The molecule has 36 heavy (non-hydrogen) atoms. The van der Waals surface area contributed by atoms with Crippen molar-refractivity contribution in [1.82, 2.24) is 15.5 Å². The molecule has 1 unspecified atom stereocenters. The average molecular weight is 502 g/mol. The maximum absolute atomic E-state index is 13.7. The van der Waals surface area contributed by atoms with Crippen molar-refractivity contribution in [3.8, 4) is 0 Å². The summed E-state index contributed by atoms with van der Waals surface area (Å²) in [5, 5.41) is 7.09. The van der Waals surface area contributed by atoms with Gasteiger partial charge in [-0.2, -0.15) is 0 Å². The monoisotopic (exact) mass is 501 g/mol. The summed E-state index contributed by atoms with van der Waals surface area (Å²) < 4.78 is 0. The zero-order chi connectivity index (χ0) is 24.9. The molecule has 0 aromatic heterocycles. The molecular weight excluding hydrogens is 470 g/mol. The fourth-order valence-corrected chi connectivity index (χ4v) is 5.47. The number of piperidine rings is 1. The SMILES string of the molecule is O=C(N[C@H](Cc1ccc(Cl)cc1)C(=O)N1CCC(c2ccccc2)CC1)C1Cc2ccccc2CN1. The minimum absolute atomic E-state index is 0.0129. The van der Waals surface area contributed by atoms with E-state index in [1.807, 2.05) is 47.4 Å². The van der Waals surface area contributed by atoms with Crippen LogP contribution in [-0.4, -0.2) is 41.9 Å². The third kappa shape index (κ3) is 5.80. The molecule has 3 aromatic rings. The van der Waals surface area contributed by atoms with Gasteiger partial charge in [-0.1, -0.05) is 78.3 Å². The number of nitrogens with one attached hydrogen (secondary N) is 2. The van der Waals surface area contributed by atoms with Crippen molar-refractivity contribution in [2.75, 3.05) is 13.1 Å². The normalized spacial score (nSPS) is 18.8. The molecule has 5 rings (SSSR count). The van der Waals surface area contributed by atoms with Crippen LogP contribution in [0.2, 0.25) is 5.02 Å². The van der Waals surface area contributed by atoms with Crippen LogP contribution < -0.4 is 10.6 Å². The number of amides is 2. The molecule has 2 amide bonds. The largest absolute Gasteiger partial charge is 0.343 e. The van der Waals surface area contributed by atoms with Gasteiger partial charge in [-0.15, -0.1) is 0 Å². The summed E-state index contributed by atoms with van der Waals surface area (Å²) >= 11 is 6.07. The van der Waals surface area contributed by atoms with E-state index in [1.54, 1.807) is 0 Å². The van der Waals surface area contributed by atoms with Gasteiger partial charge in [-0.3, -0.25) is 9.59 Å². The van der Waals surface area contributed by atoms with E-state index in [1.165, 1.54) is 16.7 Å². The first kappa shape index (κ1) is 24.5. The van der Waals surface area contributed by atoms with Crippen molar-refractivity contribution in [3.05, 3.63) is 106 Å². The van der Waals surface area contributed by atoms with Crippen molar-refractivity contribution in [1.29, 1.82) is 0 Å². The third-order valence-electron chi connectivity index (χ3n) is 7.44. The Morgan fingerprint density at radius 1 is 0.917 bits per heavy atom. The Morgan fingerprint density at radius 3 is 2.31 bits per heavy atom. The predicted octanol–water partition coefficient (Wildman–Crippen LogP) is 4.49. The van der Waals surface area contributed by atoms with Crippen LogP contribution in [-0.2, 0) is 29.0 Å². The number of hydrogen-bond acceptors (Lipinski definition) is 3. The molecular formula is C30H32ClN3O2. The van der Waals surface area contributed by atoms with Gasteiger partial charge in [0.15, 0.2) is 0 Å². The van der Waals surface area contributed by atoms with Crippen molar-refractivity contribution in [3.63, 3.8) is 0 Å². The Hall–Kier alpha value is -3.15. The predicted molar refractivity (Wildman–Crippen MR) is 143 cm³/mol. The molecule has 0 aliphatic carbocycles. The molecule has 2 heterocycles. The average Bonchev–Trinajstić information content (AvgIpc) is 2.93. The third-order valence-corrected chi connectivity index (χ3v) is 7.70. The Morgan fingerprint density at radius 2 is 1.58 bits per heavy atom. The van der Waals surface area contributed by atoms with Crippen LogP contribution in [0.1, 0.15) is 41.0 Å². The lowest BCUT2D eigenvalue weighted by Gasteiger charge is -2.35. The van der Waals surface area contributed by atoms with Gasteiger partial charge >= 0.3 is 0 Å². The number of rotatable bonds is 6. The second-order valence-corrected chi connectivity index (χ2v) is 10.2. The number of hydrogen-bond donors (Lipinski definition) is 2. The van der Waals surface area contributed by atoms with E-state index in [4.69, 9.17) is 11.6 Å². The molecule has 2 atom stereocenters. The maximum Gasteiger partial charge on any atom is 0.245 e. The zero-order valence-electron chi connectivity index (χ0n) is 20.3. The van der Waals surface area contributed by atoms with Crippen LogP contribution in [0.25, 0.3) is 0 Å². The Balaban J connectivity index is 1.27. The number of benzene rings is 3. The summed E-state index contributed by atoms with van der Waals surface area (Å²) in [6.07, 6.45) is 2.91. The molecule has 1 fully saturated rings. The maximum atomic E-state index is 13.7. The summed E-state index contributed by atoms with van der Waals surface area (Å²) in [6.45, 7) is 2.04. The summed E-state index contributed by atoms with van der Waals surface area (Å²) in [5.74, 6) is 0.322. The van der Waals surface area contributed by atoms with Crippen LogP contribution in [0, 0.1) is 0 Å². The standard InChI is InChI=1S/C30H32ClN3O2/c31-26-12-10-21(11-13-26)18-28(33-29(35)27-19-24-8-4-5-9-25(24)20-32-27)30(36)34-16-14-23(15-17-34)22-6-2-1-3-7-22/h1-13,23,27-28,32H,14-20H2,(H,33,35)/t27?,28-/m1/s1. The highest BCUT2D eigenvalue weighted by Gasteiger charge is 2.32. The van der Waals surface area contributed by atoms with Gasteiger partial charge in [0.25, 0.3) is 0 Å². The van der Waals surface area contributed by atoms with E-state index >= 15 is 0 Å². The number of halogens is 1. The van der Waals surface area contributed by atoms with Gasteiger partial charge in [0.2, 0.25) is 11.8 Å². The summed E-state index contributed by atoms with van der Waals surface area (Å²) in [6, 6.07) is 25.2.